The highest BCUT2D eigenvalue weighted by molar-refractivity contribution is 7.10. The van der Waals surface area contributed by atoms with Gasteiger partial charge in [-0.1, -0.05) is 30.3 Å². The molecule has 0 N–H and O–H groups in total. The van der Waals surface area contributed by atoms with Crippen LogP contribution in [0.3, 0.4) is 0 Å². The highest BCUT2D eigenvalue weighted by Gasteiger charge is 2.27. The molecule has 2 heterocycles. The summed E-state index contributed by atoms with van der Waals surface area (Å²) in [6.07, 6.45) is 1.69. The van der Waals surface area contributed by atoms with Gasteiger partial charge in [-0.2, -0.15) is 0 Å². The number of amides is 1. The number of rotatable bonds is 4. The van der Waals surface area contributed by atoms with Crippen molar-refractivity contribution in [2.24, 2.45) is 0 Å². The Kier molecular flexibility index (Phi) is 5.41. The van der Waals surface area contributed by atoms with Crippen molar-refractivity contribution in [1.29, 1.82) is 0 Å². The van der Waals surface area contributed by atoms with Gasteiger partial charge in [0.2, 0.25) is 0 Å². The van der Waals surface area contributed by atoms with E-state index in [0.717, 1.165) is 37.2 Å². The first-order valence-corrected chi connectivity index (χ1v) is 9.14. The van der Waals surface area contributed by atoms with Crippen molar-refractivity contribution in [3.8, 4) is 5.75 Å². The van der Waals surface area contributed by atoms with Crippen molar-refractivity contribution >= 4 is 17.4 Å². The Morgan fingerprint density at radius 1 is 1.25 bits per heavy atom. The smallest absolute Gasteiger partial charge is 0.410 e. The minimum absolute atomic E-state index is 0.216. The Labute approximate surface area is 147 Å². The summed E-state index contributed by atoms with van der Waals surface area (Å²) in [4.78, 5) is 15.3. The highest BCUT2D eigenvalue weighted by atomic mass is 32.1. The summed E-state index contributed by atoms with van der Waals surface area (Å²) in [7, 11) is 1.73. The molecular weight excluding hydrogens is 322 g/mol. The first-order chi connectivity index (χ1) is 11.7. The largest absolute Gasteiger partial charge is 0.495 e. The number of benzene rings is 1. The molecule has 5 heteroatoms. The third-order valence-corrected chi connectivity index (χ3v) is 5.72. The molecule has 128 valence electrons. The van der Waals surface area contributed by atoms with Gasteiger partial charge in [-0.15, -0.1) is 11.3 Å². The van der Waals surface area contributed by atoms with E-state index in [0.29, 0.717) is 12.5 Å². The van der Waals surface area contributed by atoms with Crippen LogP contribution in [0.15, 0.2) is 35.7 Å². The van der Waals surface area contributed by atoms with Crippen molar-refractivity contribution in [1.82, 2.24) is 4.90 Å². The number of aryl methyl sites for hydroxylation is 1. The van der Waals surface area contributed by atoms with Gasteiger partial charge in [0.15, 0.2) is 0 Å². The maximum absolute atomic E-state index is 12.2. The van der Waals surface area contributed by atoms with Gasteiger partial charge < -0.3 is 14.4 Å². The van der Waals surface area contributed by atoms with Crippen LogP contribution in [0.2, 0.25) is 0 Å². The monoisotopic (exact) mass is 345 g/mol. The van der Waals surface area contributed by atoms with Gasteiger partial charge >= 0.3 is 6.09 Å². The Bertz CT molecular complexity index is 675. The molecule has 1 saturated heterocycles. The summed E-state index contributed by atoms with van der Waals surface area (Å²) in [5.41, 5.74) is 2.21. The zero-order chi connectivity index (χ0) is 16.9. The third kappa shape index (κ3) is 3.73. The number of carbonyl (C=O) groups excluding carboxylic acids is 1. The molecule has 0 bridgehead atoms. The van der Waals surface area contributed by atoms with Gasteiger partial charge in [0.05, 0.1) is 12.0 Å². The molecular formula is C19H23NO3S. The van der Waals surface area contributed by atoms with E-state index in [2.05, 4.69) is 12.3 Å². The van der Waals surface area contributed by atoms with E-state index in [4.69, 9.17) is 9.47 Å². The number of hydrogen-bond donors (Lipinski definition) is 0. The summed E-state index contributed by atoms with van der Waals surface area (Å²) in [5, 5.41) is 2.15. The second kappa shape index (κ2) is 7.71. The molecule has 0 spiro atoms. The summed E-state index contributed by atoms with van der Waals surface area (Å²) in [5.74, 6) is 1.49. The molecule has 1 amide bonds. The van der Waals surface area contributed by atoms with Crippen molar-refractivity contribution in [3.05, 3.63) is 51.7 Å². The number of likely N-dealkylation sites (tertiary alicyclic amines) is 1. The quantitative estimate of drug-likeness (QED) is 0.814. The SMILES string of the molecule is COc1c(C)csc1C1CCN(C(=O)OCc2ccccc2)CC1. The van der Waals surface area contributed by atoms with Crippen LogP contribution >= 0.6 is 11.3 Å². The number of nitrogens with zero attached hydrogens (tertiary/aromatic N) is 1. The summed E-state index contributed by atoms with van der Waals surface area (Å²) in [6, 6.07) is 9.78. The molecule has 0 atom stereocenters. The molecule has 3 rings (SSSR count). The molecule has 24 heavy (non-hydrogen) atoms. The second-order valence-corrected chi connectivity index (χ2v) is 7.03. The predicted octanol–water partition coefficient (Wildman–Crippen LogP) is 4.58. The lowest BCUT2D eigenvalue weighted by Gasteiger charge is -2.31. The van der Waals surface area contributed by atoms with Gasteiger partial charge in [0, 0.05) is 24.6 Å². The van der Waals surface area contributed by atoms with Crippen LogP contribution < -0.4 is 4.74 Å². The average Bonchev–Trinajstić information content (AvgIpc) is 3.01. The standard InChI is InChI=1S/C19H23NO3S/c1-14-13-24-18(17(14)22-2)16-8-10-20(11-9-16)19(21)23-12-15-6-4-3-5-7-15/h3-7,13,16H,8-12H2,1-2H3. The topological polar surface area (TPSA) is 38.8 Å². The van der Waals surface area contributed by atoms with Crippen molar-refractivity contribution in [3.63, 3.8) is 0 Å². The normalized spacial score (nSPS) is 15.3. The van der Waals surface area contributed by atoms with Crippen LogP contribution in [0.25, 0.3) is 0 Å². The zero-order valence-electron chi connectivity index (χ0n) is 14.2. The molecule has 1 aliphatic rings. The minimum Gasteiger partial charge on any atom is -0.495 e. The molecule has 1 aromatic carbocycles. The molecule has 0 aliphatic carbocycles. The van der Waals surface area contributed by atoms with Crippen LogP contribution in [0.1, 0.15) is 34.8 Å². The zero-order valence-corrected chi connectivity index (χ0v) is 15.0. The maximum atomic E-state index is 12.2. The predicted molar refractivity (Wildman–Crippen MR) is 95.8 cm³/mol. The number of ether oxygens (including phenoxy) is 2. The first kappa shape index (κ1) is 16.8. The minimum atomic E-state index is -0.216. The molecule has 0 unspecified atom stereocenters. The Morgan fingerprint density at radius 2 is 1.96 bits per heavy atom. The van der Waals surface area contributed by atoms with Crippen LogP contribution in [-0.2, 0) is 11.3 Å². The third-order valence-electron chi connectivity index (χ3n) is 4.48. The fourth-order valence-electron chi connectivity index (χ4n) is 3.13. The molecule has 2 aromatic rings. The first-order valence-electron chi connectivity index (χ1n) is 8.26. The molecule has 1 aromatic heterocycles. The molecule has 0 radical (unpaired) electrons. The van der Waals surface area contributed by atoms with E-state index >= 15 is 0 Å². The molecule has 4 nitrogen and oxygen atoms in total. The summed E-state index contributed by atoms with van der Waals surface area (Å²) >= 11 is 1.76. The van der Waals surface area contributed by atoms with Gasteiger partial charge in [-0.3, -0.25) is 0 Å². The number of methoxy groups -OCH3 is 1. The van der Waals surface area contributed by atoms with Crippen LogP contribution in [-0.4, -0.2) is 31.2 Å². The van der Waals surface area contributed by atoms with E-state index in [1.54, 1.807) is 18.4 Å². The lowest BCUT2D eigenvalue weighted by Crippen LogP contribution is -2.38. The van der Waals surface area contributed by atoms with E-state index in [9.17, 15) is 4.79 Å². The van der Waals surface area contributed by atoms with Crippen LogP contribution in [0, 0.1) is 6.92 Å². The van der Waals surface area contributed by atoms with Crippen molar-refractivity contribution in [2.45, 2.75) is 32.3 Å². The number of thiophene rings is 1. The molecule has 1 aliphatic heterocycles. The molecule has 0 saturated carbocycles. The number of hydrogen-bond acceptors (Lipinski definition) is 4. The van der Waals surface area contributed by atoms with Gasteiger partial charge in [0.1, 0.15) is 12.4 Å². The lowest BCUT2D eigenvalue weighted by atomic mass is 9.94. The van der Waals surface area contributed by atoms with Gasteiger partial charge in [0.25, 0.3) is 0 Å². The maximum Gasteiger partial charge on any atom is 0.410 e. The van der Waals surface area contributed by atoms with Gasteiger partial charge in [-0.05, 0) is 30.7 Å². The highest BCUT2D eigenvalue weighted by Crippen LogP contribution is 2.40. The molecule has 1 fully saturated rings. The Balaban J connectivity index is 1.52. The van der Waals surface area contributed by atoms with E-state index < -0.39 is 0 Å². The average molecular weight is 345 g/mol. The van der Waals surface area contributed by atoms with Crippen molar-refractivity contribution < 1.29 is 14.3 Å². The fraction of sp³-hybridized carbons (Fsp3) is 0.421. The van der Waals surface area contributed by atoms with E-state index in [1.165, 1.54) is 10.4 Å². The number of carbonyl (C=O) groups is 1. The van der Waals surface area contributed by atoms with E-state index in [-0.39, 0.29) is 6.09 Å². The lowest BCUT2D eigenvalue weighted by molar-refractivity contribution is 0.0871. The Hall–Kier alpha value is -2.01. The summed E-state index contributed by atoms with van der Waals surface area (Å²) < 4.78 is 11.0. The summed E-state index contributed by atoms with van der Waals surface area (Å²) in [6.45, 7) is 3.88. The van der Waals surface area contributed by atoms with Crippen molar-refractivity contribution in [2.75, 3.05) is 20.2 Å². The van der Waals surface area contributed by atoms with Gasteiger partial charge in [-0.25, -0.2) is 4.79 Å². The fourth-order valence-corrected chi connectivity index (χ4v) is 4.32. The van der Waals surface area contributed by atoms with Crippen LogP contribution in [0.4, 0.5) is 4.79 Å². The van der Waals surface area contributed by atoms with E-state index in [1.807, 2.05) is 35.2 Å². The second-order valence-electron chi connectivity index (χ2n) is 6.12. The van der Waals surface area contributed by atoms with Crippen LogP contribution in [0.5, 0.6) is 5.75 Å². The Morgan fingerprint density at radius 3 is 2.62 bits per heavy atom. The number of piperidine rings is 1.